The van der Waals surface area contributed by atoms with Crippen LogP contribution in [0.2, 0.25) is 5.22 Å². The Kier molecular flexibility index (Phi) is 5.35. The summed E-state index contributed by atoms with van der Waals surface area (Å²) in [5, 5.41) is 2.97. The molecule has 0 fully saturated rings. The molecule has 1 unspecified atom stereocenters. The van der Waals surface area contributed by atoms with Gasteiger partial charge in [0, 0.05) is 7.11 Å². The van der Waals surface area contributed by atoms with Crippen LogP contribution in [0.1, 0.15) is 30.1 Å². The Morgan fingerprint density at radius 1 is 1.69 bits per heavy atom. The first kappa shape index (κ1) is 13.1. The molecule has 0 radical (unpaired) electrons. The molecule has 0 saturated heterocycles. The quantitative estimate of drug-likeness (QED) is 0.838. The smallest absolute Gasteiger partial charge is 0.256 e. The van der Waals surface area contributed by atoms with E-state index in [1.165, 1.54) is 6.26 Å². The van der Waals surface area contributed by atoms with Gasteiger partial charge in [-0.2, -0.15) is 0 Å². The number of rotatable bonds is 6. The third-order valence-electron chi connectivity index (χ3n) is 2.20. The Labute approximate surface area is 99.9 Å². The van der Waals surface area contributed by atoms with Crippen molar-refractivity contribution in [2.45, 2.75) is 25.8 Å². The molecule has 0 aliphatic carbocycles. The Balaban J connectivity index is 2.58. The van der Waals surface area contributed by atoms with Crippen LogP contribution in [-0.2, 0) is 4.74 Å². The number of carbonyl (C=O) groups is 1. The summed E-state index contributed by atoms with van der Waals surface area (Å²) in [5.41, 5.74) is 0.360. The maximum atomic E-state index is 11.8. The zero-order valence-electron chi connectivity index (χ0n) is 9.46. The van der Waals surface area contributed by atoms with Gasteiger partial charge in [0.1, 0.15) is 0 Å². The minimum Gasteiger partial charge on any atom is -0.452 e. The van der Waals surface area contributed by atoms with Crippen molar-refractivity contribution < 1.29 is 13.9 Å². The molecule has 1 atom stereocenters. The van der Waals surface area contributed by atoms with E-state index in [4.69, 9.17) is 20.8 Å². The Bertz CT molecular complexity index is 332. The van der Waals surface area contributed by atoms with Gasteiger partial charge < -0.3 is 14.5 Å². The van der Waals surface area contributed by atoms with Crippen LogP contribution in [0.15, 0.2) is 16.7 Å². The highest BCUT2D eigenvalue weighted by Gasteiger charge is 2.16. The van der Waals surface area contributed by atoms with E-state index in [1.54, 1.807) is 13.2 Å². The zero-order valence-corrected chi connectivity index (χ0v) is 10.2. The van der Waals surface area contributed by atoms with Crippen molar-refractivity contribution in [2.24, 2.45) is 0 Å². The number of halogens is 1. The molecule has 1 aromatic heterocycles. The summed E-state index contributed by atoms with van der Waals surface area (Å²) in [7, 11) is 1.61. The minimum atomic E-state index is -0.228. The van der Waals surface area contributed by atoms with Crippen molar-refractivity contribution in [3.8, 4) is 0 Å². The molecule has 0 aliphatic heterocycles. The van der Waals surface area contributed by atoms with Gasteiger partial charge in [-0.3, -0.25) is 4.79 Å². The summed E-state index contributed by atoms with van der Waals surface area (Å²) in [5.74, 6) is -0.228. The van der Waals surface area contributed by atoms with E-state index in [0.717, 1.165) is 12.8 Å². The Hall–Kier alpha value is -1.00. The molecule has 4 nitrogen and oxygen atoms in total. The van der Waals surface area contributed by atoms with E-state index in [0.29, 0.717) is 12.2 Å². The molecular weight excluding hydrogens is 230 g/mol. The second kappa shape index (κ2) is 6.55. The van der Waals surface area contributed by atoms with Gasteiger partial charge in [0.05, 0.1) is 24.5 Å². The van der Waals surface area contributed by atoms with Crippen molar-refractivity contribution >= 4 is 17.5 Å². The largest absolute Gasteiger partial charge is 0.452 e. The van der Waals surface area contributed by atoms with Crippen molar-refractivity contribution in [1.29, 1.82) is 0 Å². The average Bonchev–Trinajstić information content (AvgIpc) is 2.65. The van der Waals surface area contributed by atoms with Gasteiger partial charge in [-0.05, 0) is 24.1 Å². The fourth-order valence-electron chi connectivity index (χ4n) is 1.47. The summed E-state index contributed by atoms with van der Waals surface area (Å²) >= 11 is 5.71. The third kappa shape index (κ3) is 3.54. The molecule has 1 heterocycles. The normalized spacial score (nSPS) is 12.4. The third-order valence-corrected chi connectivity index (χ3v) is 2.50. The van der Waals surface area contributed by atoms with Crippen LogP contribution in [0.3, 0.4) is 0 Å². The Morgan fingerprint density at radius 2 is 2.44 bits per heavy atom. The molecule has 0 spiro atoms. The summed E-state index contributed by atoms with van der Waals surface area (Å²) in [4.78, 5) is 11.8. The number of carbonyl (C=O) groups excluding carboxylic acids is 1. The molecule has 1 aromatic rings. The van der Waals surface area contributed by atoms with Crippen LogP contribution < -0.4 is 5.32 Å². The van der Waals surface area contributed by atoms with E-state index in [-0.39, 0.29) is 17.2 Å². The number of amides is 1. The van der Waals surface area contributed by atoms with Crippen molar-refractivity contribution in [1.82, 2.24) is 5.32 Å². The molecule has 5 heteroatoms. The predicted octanol–water partition coefficient (Wildman–Crippen LogP) is 2.48. The van der Waals surface area contributed by atoms with Gasteiger partial charge in [0.2, 0.25) is 5.22 Å². The van der Waals surface area contributed by atoms with Crippen molar-refractivity contribution in [3.05, 3.63) is 23.1 Å². The molecule has 0 bridgehead atoms. The van der Waals surface area contributed by atoms with E-state index < -0.39 is 0 Å². The average molecular weight is 246 g/mol. The highest BCUT2D eigenvalue weighted by molar-refractivity contribution is 6.32. The van der Waals surface area contributed by atoms with Crippen LogP contribution in [0.5, 0.6) is 0 Å². The number of nitrogens with one attached hydrogen (secondary N) is 1. The molecule has 16 heavy (non-hydrogen) atoms. The SMILES string of the molecule is CCCC(COC)NC(=O)c1ccoc1Cl. The summed E-state index contributed by atoms with van der Waals surface area (Å²) < 4.78 is 9.89. The molecule has 1 N–H and O–H groups in total. The van der Waals surface area contributed by atoms with Gasteiger partial charge in [0.25, 0.3) is 5.91 Å². The van der Waals surface area contributed by atoms with Gasteiger partial charge in [-0.25, -0.2) is 0 Å². The van der Waals surface area contributed by atoms with E-state index >= 15 is 0 Å². The second-order valence-electron chi connectivity index (χ2n) is 3.52. The highest BCUT2D eigenvalue weighted by Crippen LogP contribution is 2.16. The molecule has 0 saturated carbocycles. The van der Waals surface area contributed by atoms with Gasteiger partial charge >= 0.3 is 0 Å². The van der Waals surface area contributed by atoms with Crippen LogP contribution in [0.25, 0.3) is 0 Å². The minimum absolute atomic E-state index is 0.00784. The number of hydrogen-bond acceptors (Lipinski definition) is 3. The maximum Gasteiger partial charge on any atom is 0.256 e. The summed E-state index contributed by atoms with van der Waals surface area (Å²) in [6.45, 7) is 2.55. The Morgan fingerprint density at radius 3 is 2.94 bits per heavy atom. The fraction of sp³-hybridized carbons (Fsp3) is 0.545. The molecule has 0 aliphatic rings. The number of hydrogen-bond donors (Lipinski definition) is 1. The summed E-state index contributed by atoms with van der Waals surface area (Å²) in [6.07, 6.45) is 3.24. The maximum absolute atomic E-state index is 11.8. The van der Waals surface area contributed by atoms with Crippen LogP contribution >= 0.6 is 11.6 Å². The van der Waals surface area contributed by atoms with E-state index in [2.05, 4.69) is 12.2 Å². The lowest BCUT2D eigenvalue weighted by molar-refractivity contribution is 0.0891. The standard InChI is InChI=1S/C11H16ClNO3/c1-3-4-8(7-15-2)13-11(14)9-5-6-16-10(9)12/h5-6,8H,3-4,7H2,1-2H3,(H,13,14). The van der Waals surface area contributed by atoms with Gasteiger partial charge in [0.15, 0.2) is 0 Å². The number of methoxy groups -OCH3 is 1. The van der Waals surface area contributed by atoms with Crippen LogP contribution in [0, 0.1) is 0 Å². The van der Waals surface area contributed by atoms with Crippen molar-refractivity contribution in [2.75, 3.05) is 13.7 Å². The molecule has 1 amide bonds. The van der Waals surface area contributed by atoms with Crippen molar-refractivity contribution in [3.63, 3.8) is 0 Å². The van der Waals surface area contributed by atoms with Crippen LogP contribution in [0.4, 0.5) is 0 Å². The van der Waals surface area contributed by atoms with E-state index in [1.807, 2.05) is 0 Å². The lowest BCUT2D eigenvalue weighted by atomic mass is 10.1. The topological polar surface area (TPSA) is 51.5 Å². The summed E-state index contributed by atoms with van der Waals surface area (Å²) in [6, 6.07) is 1.56. The van der Waals surface area contributed by atoms with Gasteiger partial charge in [-0.1, -0.05) is 13.3 Å². The number of ether oxygens (including phenoxy) is 1. The predicted molar refractivity (Wildman–Crippen MR) is 61.8 cm³/mol. The second-order valence-corrected chi connectivity index (χ2v) is 3.87. The lowest BCUT2D eigenvalue weighted by Crippen LogP contribution is -2.37. The van der Waals surface area contributed by atoms with E-state index in [9.17, 15) is 4.79 Å². The van der Waals surface area contributed by atoms with Crippen LogP contribution in [-0.4, -0.2) is 25.7 Å². The first-order chi connectivity index (χ1) is 7.69. The molecule has 1 rings (SSSR count). The first-order valence-corrected chi connectivity index (χ1v) is 5.59. The zero-order chi connectivity index (χ0) is 12.0. The monoisotopic (exact) mass is 245 g/mol. The molecular formula is C11H16ClNO3. The fourth-order valence-corrected chi connectivity index (χ4v) is 1.67. The lowest BCUT2D eigenvalue weighted by Gasteiger charge is -2.16. The molecule has 0 aromatic carbocycles. The number of furan rings is 1. The van der Waals surface area contributed by atoms with Gasteiger partial charge in [-0.15, -0.1) is 0 Å². The highest BCUT2D eigenvalue weighted by atomic mass is 35.5. The molecule has 90 valence electrons. The first-order valence-electron chi connectivity index (χ1n) is 5.21.